The van der Waals surface area contributed by atoms with Gasteiger partial charge in [-0.3, -0.25) is 0 Å². The van der Waals surface area contributed by atoms with E-state index in [1.54, 1.807) is 12.1 Å². The second-order valence-corrected chi connectivity index (χ2v) is 6.58. The molecule has 1 fully saturated rings. The van der Waals surface area contributed by atoms with Gasteiger partial charge in [0.05, 0.1) is 4.47 Å². The summed E-state index contributed by atoms with van der Waals surface area (Å²) in [5.74, 6) is 1.77. The molecular weight excluding hydrogens is 293 g/mol. The normalized spacial score (nSPS) is 30.2. The van der Waals surface area contributed by atoms with Crippen molar-refractivity contribution >= 4 is 15.9 Å². The summed E-state index contributed by atoms with van der Waals surface area (Å²) in [5, 5.41) is 0. The molecule has 1 nitrogen and oxygen atoms in total. The molecule has 0 radical (unpaired) electrons. The Kier molecular flexibility index (Phi) is 4.44. The molecular formula is C15H21BrFN. The van der Waals surface area contributed by atoms with E-state index in [9.17, 15) is 4.39 Å². The zero-order valence-corrected chi connectivity index (χ0v) is 12.6. The molecule has 2 rings (SSSR count). The largest absolute Gasteiger partial charge is 0.324 e. The van der Waals surface area contributed by atoms with Gasteiger partial charge >= 0.3 is 0 Å². The Balaban J connectivity index is 2.11. The van der Waals surface area contributed by atoms with Crippen LogP contribution in [0.25, 0.3) is 0 Å². The molecule has 0 saturated heterocycles. The number of hydrogen-bond acceptors (Lipinski definition) is 1. The van der Waals surface area contributed by atoms with Gasteiger partial charge in [0.1, 0.15) is 5.82 Å². The van der Waals surface area contributed by atoms with E-state index in [0.717, 1.165) is 30.2 Å². The molecule has 0 aromatic heterocycles. The van der Waals surface area contributed by atoms with Crippen LogP contribution in [-0.2, 0) is 0 Å². The first-order chi connectivity index (χ1) is 8.49. The lowest BCUT2D eigenvalue weighted by atomic mass is 9.72. The molecule has 4 unspecified atom stereocenters. The summed E-state index contributed by atoms with van der Waals surface area (Å²) >= 11 is 3.18. The predicted molar refractivity (Wildman–Crippen MR) is 76.7 cm³/mol. The molecule has 0 aliphatic heterocycles. The van der Waals surface area contributed by atoms with Gasteiger partial charge in [0.15, 0.2) is 0 Å². The van der Waals surface area contributed by atoms with E-state index >= 15 is 0 Å². The van der Waals surface area contributed by atoms with Gasteiger partial charge < -0.3 is 5.73 Å². The highest BCUT2D eigenvalue weighted by molar-refractivity contribution is 9.10. The minimum Gasteiger partial charge on any atom is -0.324 e. The molecule has 2 N–H and O–H groups in total. The van der Waals surface area contributed by atoms with Gasteiger partial charge in [-0.25, -0.2) is 4.39 Å². The molecule has 0 amide bonds. The van der Waals surface area contributed by atoms with Crippen molar-refractivity contribution in [3.05, 3.63) is 34.1 Å². The highest BCUT2D eigenvalue weighted by Gasteiger charge is 2.29. The predicted octanol–water partition coefficient (Wildman–Crippen LogP) is 4.66. The summed E-state index contributed by atoms with van der Waals surface area (Å²) < 4.78 is 14.0. The number of nitrogens with two attached hydrogens (primary N) is 1. The quantitative estimate of drug-likeness (QED) is 0.844. The summed E-state index contributed by atoms with van der Waals surface area (Å²) in [7, 11) is 0. The first-order valence-corrected chi connectivity index (χ1v) is 7.49. The lowest BCUT2D eigenvalue weighted by molar-refractivity contribution is 0.186. The maximum atomic E-state index is 13.5. The fourth-order valence-corrected chi connectivity index (χ4v) is 3.15. The fourth-order valence-electron chi connectivity index (χ4n) is 2.91. The van der Waals surface area contributed by atoms with Crippen molar-refractivity contribution in [2.45, 2.75) is 39.2 Å². The lowest BCUT2D eigenvalue weighted by Crippen LogP contribution is -2.29. The first-order valence-electron chi connectivity index (χ1n) is 6.69. The van der Waals surface area contributed by atoms with Crippen LogP contribution < -0.4 is 5.73 Å². The Morgan fingerprint density at radius 3 is 2.61 bits per heavy atom. The minimum absolute atomic E-state index is 0.0393. The second kappa shape index (κ2) is 5.70. The number of rotatable bonds is 2. The highest BCUT2D eigenvalue weighted by atomic mass is 79.9. The van der Waals surface area contributed by atoms with E-state index in [1.807, 2.05) is 6.07 Å². The average molecular weight is 314 g/mol. The molecule has 1 aromatic rings. The van der Waals surface area contributed by atoms with Gasteiger partial charge in [-0.1, -0.05) is 26.3 Å². The van der Waals surface area contributed by atoms with Gasteiger partial charge in [0.25, 0.3) is 0 Å². The van der Waals surface area contributed by atoms with Crippen molar-refractivity contribution < 1.29 is 4.39 Å². The maximum Gasteiger partial charge on any atom is 0.137 e. The monoisotopic (exact) mass is 313 g/mol. The molecule has 1 saturated carbocycles. The minimum atomic E-state index is -0.222. The van der Waals surface area contributed by atoms with Crippen LogP contribution in [0.4, 0.5) is 4.39 Å². The smallest absolute Gasteiger partial charge is 0.137 e. The number of halogens is 2. The van der Waals surface area contributed by atoms with Crippen LogP contribution in [0.5, 0.6) is 0 Å². The van der Waals surface area contributed by atoms with Crippen LogP contribution in [0.2, 0.25) is 0 Å². The highest BCUT2D eigenvalue weighted by Crippen LogP contribution is 2.39. The summed E-state index contributed by atoms with van der Waals surface area (Å²) in [6.45, 7) is 4.61. The topological polar surface area (TPSA) is 26.0 Å². The third-order valence-corrected chi connectivity index (χ3v) is 5.12. The summed E-state index contributed by atoms with van der Waals surface area (Å²) in [6, 6.07) is 5.21. The van der Waals surface area contributed by atoms with E-state index in [4.69, 9.17) is 5.73 Å². The van der Waals surface area contributed by atoms with Gasteiger partial charge in [0.2, 0.25) is 0 Å². The average Bonchev–Trinajstić information content (AvgIpc) is 2.35. The summed E-state index contributed by atoms with van der Waals surface area (Å²) in [6.07, 6.45) is 3.54. The fraction of sp³-hybridized carbons (Fsp3) is 0.600. The van der Waals surface area contributed by atoms with Crippen LogP contribution in [0, 0.1) is 23.6 Å². The Labute approximate surface area is 117 Å². The molecule has 100 valence electrons. The number of hydrogen-bond donors (Lipinski definition) is 1. The molecule has 0 spiro atoms. The van der Waals surface area contributed by atoms with Crippen LogP contribution in [0.3, 0.4) is 0 Å². The van der Waals surface area contributed by atoms with Crippen molar-refractivity contribution in [3.8, 4) is 0 Å². The van der Waals surface area contributed by atoms with E-state index in [0.29, 0.717) is 10.4 Å². The van der Waals surface area contributed by atoms with Gasteiger partial charge in [0, 0.05) is 6.04 Å². The van der Waals surface area contributed by atoms with Crippen molar-refractivity contribution in [2.24, 2.45) is 23.5 Å². The van der Waals surface area contributed by atoms with Crippen LogP contribution in [0.15, 0.2) is 22.7 Å². The van der Waals surface area contributed by atoms with Gasteiger partial charge in [-0.05, 0) is 64.2 Å². The maximum absolute atomic E-state index is 13.5. The molecule has 1 aliphatic carbocycles. The zero-order valence-electron chi connectivity index (χ0n) is 11.0. The van der Waals surface area contributed by atoms with Crippen molar-refractivity contribution in [2.75, 3.05) is 0 Å². The third kappa shape index (κ3) is 2.94. The lowest BCUT2D eigenvalue weighted by Gasteiger charge is -2.35. The molecule has 0 heterocycles. The zero-order chi connectivity index (χ0) is 13.3. The van der Waals surface area contributed by atoms with E-state index in [1.165, 1.54) is 6.42 Å². The number of benzene rings is 1. The molecule has 4 atom stereocenters. The van der Waals surface area contributed by atoms with Crippen molar-refractivity contribution in [1.82, 2.24) is 0 Å². The van der Waals surface area contributed by atoms with E-state index in [2.05, 4.69) is 29.8 Å². The van der Waals surface area contributed by atoms with E-state index in [-0.39, 0.29) is 11.9 Å². The SMILES string of the molecule is CC1CCC(C(N)c2ccc(Br)c(F)c2)CC1C. The molecule has 1 aliphatic rings. The standard InChI is InChI=1S/C15H21BrFN/c1-9-3-4-11(7-10(9)2)15(18)12-5-6-13(16)14(17)8-12/h5-6,8-11,15H,3-4,7,18H2,1-2H3. The molecule has 3 heteroatoms. The Morgan fingerprint density at radius 1 is 1.28 bits per heavy atom. The van der Waals surface area contributed by atoms with E-state index < -0.39 is 0 Å². The molecule has 1 aromatic carbocycles. The summed E-state index contributed by atoms with van der Waals surface area (Å²) in [5.41, 5.74) is 7.23. The van der Waals surface area contributed by atoms with Crippen LogP contribution >= 0.6 is 15.9 Å². The summed E-state index contributed by atoms with van der Waals surface area (Å²) in [4.78, 5) is 0. The van der Waals surface area contributed by atoms with Crippen LogP contribution in [0.1, 0.15) is 44.7 Å². The third-order valence-electron chi connectivity index (χ3n) is 4.48. The van der Waals surface area contributed by atoms with Crippen molar-refractivity contribution in [1.29, 1.82) is 0 Å². The Hall–Kier alpha value is -0.410. The van der Waals surface area contributed by atoms with Gasteiger partial charge in [-0.15, -0.1) is 0 Å². The second-order valence-electron chi connectivity index (χ2n) is 5.73. The Bertz CT molecular complexity index is 421. The first kappa shape index (κ1) is 14.0. The molecule has 0 bridgehead atoms. The molecule has 18 heavy (non-hydrogen) atoms. The van der Waals surface area contributed by atoms with Crippen LogP contribution in [-0.4, -0.2) is 0 Å². The van der Waals surface area contributed by atoms with Gasteiger partial charge in [-0.2, -0.15) is 0 Å². The van der Waals surface area contributed by atoms with Crippen molar-refractivity contribution in [3.63, 3.8) is 0 Å². The Morgan fingerprint density at radius 2 is 2.00 bits per heavy atom.